The van der Waals surface area contributed by atoms with Crippen LogP contribution in [-0.4, -0.2) is 13.1 Å². The first-order valence-electron chi connectivity index (χ1n) is 5.91. The summed E-state index contributed by atoms with van der Waals surface area (Å²) in [6.45, 7) is 3.30. The molecule has 18 heavy (non-hydrogen) atoms. The molecule has 4 heteroatoms. The highest BCUT2D eigenvalue weighted by Gasteiger charge is 2.31. The summed E-state index contributed by atoms with van der Waals surface area (Å²) < 4.78 is 38.2. The number of rotatable bonds is 1. The molecule has 0 saturated carbocycles. The standard InChI is InChI=1S/C14H14F3N/c1-2-5-11-6-7-12(14(15,16)17)10-13(11)18-8-3-4-9-18/h6-7,10H,3-4,8-9H2,1H3. The molecule has 0 spiro atoms. The third-order valence-electron chi connectivity index (χ3n) is 3.03. The zero-order valence-corrected chi connectivity index (χ0v) is 10.1. The van der Waals surface area contributed by atoms with Gasteiger partial charge in [-0.3, -0.25) is 0 Å². The monoisotopic (exact) mass is 253 g/mol. The lowest BCUT2D eigenvalue weighted by Crippen LogP contribution is -2.19. The number of halogens is 3. The third-order valence-corrected chi connectivity index (χ3v) is 3.03. The summed E-state index contributed by atoms with van der Waals surface area (Å²) in [7, 11) is 0. The molecule has 0 unspecified atom stereocenters. The zero-order valence-electron chi connectivity index (χ0n) is 10.1. The van der Waals surface area contributed by atoms with Gasteiger partial charge in [0.2, 0.25) is 0 Å². The Hall–Kier alpha value is -1.63. The average Bonchev–Trinajstić information content (AvgIpc) is 2.82. The highest BCUT2D eigenvalue weighted by molar-refractivity contribution is 5.62. The molecule has 0 N–H and O–H groups in total. The molecule has 0 amide bonds. The number of hydrogen-bond donors (Lipinski definition) is 0. The number of nitrogens with zero attached hydrogens (tertiary/aromatic N) is 1. The van der Waals surface area contributed by atoms with E-state index in [2.05, 4.69) is 11.8 Å². The van der Waals surface area contributed by atoms with Gasteiger partial charge < -0.3 is 4.90 Å². The van der Waals surface area contributed by atoms with Crippen molar-refractivity contribution in [1.82, 2.24) is 0 Å². The number of benzene rings is 1. The summed E-state index contributed by atoms with van der Waals surface area (Å²) in [6.07, 6.45) is -2.25. The van der Waals surface area contributed by atoms with E-state index < -0.39 is 11.7 Å². The van der Waals surface area contributed by atoms with Crippen LogP contribution in [0.5, 0.6) is 0 Å². The predicted molar refractivity (Wildman–Crippen MR) is 65.4 cm³/mol. The van der Waals surface area contributed by atoms with Gasteiger partial charge in [0, 0.05) is 18.7 Å². The molecule has 0 aliphatic carbocycles. The lowest BCUT2D eigenvalue weighted by molar-refractivity contribution is -0.137. The van der Waals surface area contributed by atoms with Gasteiger partial charge in [-0.05, 0) is 38.0 Å². The first-order chi connectivity index (χ1) is 8.52. The van der Waals surface area contributed by atoms with Gasteiger partial charge in [0.1, 0.15) is 0 Å². The molecule has 1 saturated heterocycles. The fourth-order valence-electron chi connectivity index (χ4n) is 2.17. The van der Waals surface area contributed by atoms with Crippen LogP contribution in [0.2, 0.25) is 0 Å². The fraction of sp³-hybridized carbons (Fsp3) is 0.429. The van der Waals surface area contributed by atoms with E-state index in [1.165, 1.54) is 12.1 Å². The first kappa shape index (κ1) is 12.8. The summed E-state index contributed by atoms with van der Waals surface area (Å²) in [5, 5.41) is 0. The van der Waals surface area contributed by atoms with E-state index in [0.29, 0.717) is 11.3 Å². The quantitative estimate of drug-likeness (QED) is 0.690. The van der Waals surface area contributed by atoms with E-state index in [1.807, 2.05) is 4.90 Å². The maximum absolute atomic E-state index is 12.7. The number of hydrogen-bond acceptors (Lipinski definition) is 1. The molecule has 1 nitrogen and oxygen atoms in total. The molecule has 1 aliphatic rings. The summed E-state index contributed by atoms with van der Waals surface area (Å²) >= 11 is 0. The third kappa shape index (κ3) is 2.61. The predicted octanol–water partition coefficient (Wildman–Crippen LogP) is 3.68. The number of anilines is 1. The minimum atomic E-state index is -4.30. The maximum Gasteiger partial charge on any atom is 0.416 e. The molecule has 0 atom stereocenters. The molecule has 1 aromatic rings. The Morgan fingerprint density at radius 1 is 1.17 bits per heavy atom. The minimum absolute atomic E-state index is 0.606. The van der Waals surface area contributed by atoms with Crippen molar-refractivity contribution < 1.29 is 13.2 Å². The van der Waals surface area contributed by atoms with Crippen LogP contribution in [0.1, 0.15) is 30.9 Å². The molecule has 0 radical (unpaired) electrons. The summed E-state index contributed by atoms with van der Waals surface area (Å²) in [5.41, 5.74) is 0.676. The summed E-state index contributed by atoms with van der Waals surface area (Å²) in [5.74, 6) is 5.62. The molecule has 2 rings (SSSR count). The molecular formula is C14H14F3N. The van der Waals surface area contributed by atoms with Crippen LogP contribution in [-0.2, 0) is 6.18 Å². The molecule has 1 aliphatic heterocycles. The second-order valence-corrected chi connectivity index (χ2v) is 4.30. The molecule has 96 valence electrons. The second-order valence-electron chi connectivity index (χ2n) is 4.30. The van der Waals surface area contributed by atoms with E-state index in [0.717, 1.165) is 32.0 Å². The Morgan fingerprint density at radius 3 is 2.39 bits per heavy atom. The zero-order chi connectivity index (χ0) is 13.2. The van der Waals surface area contributed by atoms with Gasteiger partial charge in [0.15, 0.2) is 0 Å². The van der Waals surface area contributed by atoms with Crippen molar-refractivity contribution in [2.75, 3.05) is 18.0 Å². The summed E-state index contributed by atoms with van der Waals surface area (Å²) in [6, 6.07) is 3.78. The van der Waals surface area contributed by atoms with E-state index in [4.69, 9.17) is 0 Å². The van der Waals surface area contributed by atoms with Crippen molar-refractivity contribution in [3.63, 3.8) is 0 Å². The Balaban J connectivity index is 2.46. The van der Waals surface area contributed by atoms with Crippen LogP contribution in [0.3, 0.4) is 0 Å². The van der Waals surface area contributed by atoms with E-state index in [1.54, 1.807) is 6.92 Å². The normalized spacial score (nSPS) is 15.4. The van der Waals surface area contributed by atoms with Crippen molar-refractivity contribution >= 4 is 5.69 Å². The second kappa shape index (κ2) is 4.93. The Morgan fingerprint density at radius 2 is 1.83 bits per heavy atom. The fourth-order valence-corrected chi connectivity index (χ4v) is 2.17. The minimum Gasteiger partial charge on any atom is -0.371 e. The van der Waals surface area contributed by atoms with Crippen LogP contribution in [0.4, 0.5) is 18.9 Å². The Labute approximate surface area is 105 Å². The smallest absolute Gasteiger partial charge is 0.371 e. The van der Waals surface area contributed by atoms with Crippen molar-refractivity contribution in [2.24, 2.45) is 0 Å². The van der Waals surface area contributed by atoms with Gasteiger partial charge in [-0.2, -0.15) is 13.2 Å². The van der Waals surface area contributed by atoms with Gasteiger partial charge >= 0.3 is 6.18 Å². The molecule has 0 aromatic heterocycles. The molecular weight excluding hydrogens is 239 g/mol. The molecule has 1 heterocycles. The topological polar surface area (TPSA) is 3.24 Å². The summed E-state index contributed by atoms with van der Waals surface area (Å²) in [4.78, 5) is 1.98. The SMILES string of the molecule is CC#Cc1ccc(C(F)(F)F)cc1N1CCCC1. The van der Waals surface area contributed by atoms with Gasteiger partial charge in [-0.1, -0.05) is 5.92 Å². The van der Waals surface area contributed by atoms with E-state index in [9.17, 15) is 13.2 Å². The van der Waals surface area contributed by atoms with E-state index in [-0.39, 0.29) is 0 Å². The van der Waals surface area contributed by atoms with Crippen molar-refractivity contribution in [3.8, 4) is 11.8 Å². The lowest BCUT2D eigenvalue weighted by atomic mass is 10.1. The van der Waals surface area contributed by atoms with Gasteiger partial charge in [-0.25, -0.2) is 0 Å². The largest absolute Gasteiger partial charge is 0.416 e. The van der Waals surface area contributed by atoms with Crippen molar-refractivity contribution in [1.29, 1.82) is 0 Å². The lowest BCUT2D eigenvalue weighted by Gasteiger charge is -2.21. The molecule has 1 fully saturated rings. The van der Waals surface area contributed by atoms with Crippen LogP contribution < -0.4 is 4.90 Å². The highest BCUT2D eigenvalue weighted by Crippen LogP contribution is 2.34. The average molecular weight is 253 g/mol. The Kier molecular flexibility index (Phi) is 3.51. The number of alkyl halides is 3. The van der Waals surface area contributed by atoms with Crippen LogP contribution in [0, 0.1) is 11.8 Å². The van der Waals surface area contributed by atoms with Crippen LogP contribution in [0.15, 0.2) is 18.2 Å². The Bertz CT molecular complexity index is 488. The van der Waals surface area contributed by atoms with Crippen molar-refractivity contribution in [2.45, 2.75) is 25.9 Å². The van der Waals surface area contributed by atoms with Gasteiger partial charge in [-0.15, -0.1) is 5.92 Å². The highest BCUT2D eigenvalue weighted by atomic mass is 19.4. The van der Waals surface area contributed by atoms with Crippen molar-refractivity contribution in [3.05, 3.63) is 29.3 Å². The van der Waals surface area contributed by atoms with Crippen LogP contribution >= 0.6 is 0 Å². The van der Waals surface area contributed by atoms with Gasteiger partial charge in [0.05, 0.1) is 11.3 Å². The molecule has 0 bridgehead atoms. The van der Waals surface area contributed by atoms with Crippen LogP contribution in [0.25, 0.3) is 0 Å². The maximum atomic E-state index is 12.7. The van der Waals surface area contributed by atoms with Gasteiger partial charge in [0.25, 0.3) is 0 Å². The van der Waals surface area contributed by atoms with E-state index >= 15 is 0 Å². The first-order valence-corrected chi connectivity index (χ1v) is 5.91. The molecule has 1 aromatic carbocycles.